The molecule has 0 aliphatic rings. The zero-order valence-electron chi connectivity index (χ0n) is 12.9. The summed E-state index contributed by atoms with van der Waals surface area (Å²) in [6.45, 7) is 4.17. The molecular weight excluding hydrogens is 278 g/mol. The first kappa shape index (κ1) is 14.2. The van der Waals surface area contributed by atoms with Crippen LogP contribution >= 0.6 is 0 Å². The van der Waals surface area contributed by atoms with Gasteiger partial charge in [0.2, 0.25) is 5.95 Å². The van der Waals surface area contributed by atoms with E-state index in [2.05, 4.69) is 29.1 Å². The number of rotatable bonds is 4. The first-order chi connectivity index (χ1) is 10.5. The number of fused-ring (bicyclic) bond motifs is 1. The number of ether oxygens (including phenoxy) is 1. The van der Waals surface area contributed by atoms with E-state index in [0.29, 0.717) is 23.4 Å². The van der Waals surface area contributed by atoms with Crippen molar-refractivity contribution in [3.63, 3.8) is 0 Å². The van der Waals surface area contributed by atoms with Crippen LogP contribution < -0.4 is 15.8 Å². The Kier molecular flexibility index (Phi) is 3.58. The standard InChI is InChI=1S/C16H19N5O/c1-10(2)19-16-20-13-8-11(4-5-14(13)21(16)3)22-12-6-7-18-15(17)9-12/h4-10H,1-3H3,(H2,17,18)(H,19,20). The molecule has 6 heteroatoms. The van der Waals surface area contributed by atoms with Crippen LogP contribution in [0.15, 0.2) is 36.5 Å². The molecule has 114 valence electrons. The number of nitrogens with one attached hydrogen (secondary N) is 1. The fourth-order valence-corrected chi connectivity index (χ4v) is 2.26. The number of imidazole rings is 1. The number of pyridine rings is 1. The lowest BCUT2D eigenvalue weighted by atomic mass is 10.3. The lowest BCUT2D eigenvalue weighted by Crippen LogP contribution is -2.13. The summed E-state index contributed by atoms with van der Waals surface area (Å²) in [5.41, 5.74) is 7.58. The molecule has 6 nitrogen and oxygen atoms in total. The van der Waals surface area contributed by atoms with Gasteiger partial charge in [-0.3, -0.25) is 0 Å². The first-order valence-corrected chi connectivity index (χ1v) is 7.15. The van der Waals surface area contributed by atoms with Crippen molar-refractivity contribution in [3.8, 4) is 11.5 Å². The SMILES string of the molecule is CC(C)Nc1nc2cc(Oc3ccnc(N)c3)ccc2n1C. The maximum absolute atomic E-state index is 5.81. The third kappa shape index (κ3) is 2.81. The van der Waals surface area contributed by atoms with Crippen molar-refractivity contribution in [1.29, 1.82) is 0 Å². The van der Waals surface area contributed by atoms with Crippen LogP contribution in [0.3, 0.4) is 0 Å². The summed E-state index contributed by atoms with van der Waals surface area (Å²) < 4.78 is 7.84. The molecule has 0 unspecified atom stereocenters. The van der Waals surface area contributed by atoms with E-state index in [1.54, 1.807) is 18.3 Å². The van der Waals surface area contributed by atoms with Crippen LogP contribution in [0.1, 0.15) is 13.8 Å². The van der Waals surface area contributed by atoms with Crippen LogP contribution in [0.25, 0.3) is 11.0 Å². The summed E-state index contributed by atoms with van der Waals surface area (Å²) in [6.07, 6.45) is 1.62. The number of aromatic nitrogens is 3. The quantitative estimate of drug-likeness (QED) is 0.773. The third-order valence-electron chi connectivity index (χ3n) is 3.26. The van der Waals surface area contributed by atoms with E-state index in [-0.39, 0.29) is 0 Å². The van der Waals surface area contributed by atoms with Crippen molar-refractivity contribution in [1.82, 2.24) is 14.5 Å². The predicted molar refractivity (Wildman–Crippen MR) is 88.2 cm³/mol. The molecule has 0 aliphatic heterocycles. The Bertz CT molecular complexity index is 809. The van der Waals surface area contributed by atoms with Crippen molar-refractivity contribution in [2.45, 2.75) is 19.9 Å². The Morgan fingerprint density at radius 2 is 1.95 bits per heavy atom. The number of nitrogens with two attached hydrogens (primary N) is 1. The van der Waals surface area contributed by atoms with Crippen molar-refractivity contribution < 1.29 is 4.74 Å². The fraction of sp³-hybridized carbons (Fsp3) is 0.250. The van der Waals surface area contributed by atoms with Gasteiger partial charge >= 0.3 is 0 Å². The highest BCUT2D eigenvalue weighted by molar-refractivity contribution is 5.80. The number of hydrogen-bond donors (Lipinski definition) is 2. The molecule has 0 spiro atoms. The molecule has 0 saturated carbocycles. The van der Waals surface area contributed by atoms with Gasteiger partial charge in [-0.25, -0.2) is 9.97 Å². The molecule has 0 saturated heterocycles. The summed E-state index contributed by atoms with van der Waals surface area (Å²) >= 11 is 0. The summed E-state index contributed by atoms with van der Waals surface area (Å²) in [4.78, 5) is 8.55. The average Bonchev–Trinajstić information content (AvgIpc) is 2.74. The minimum Gasteiger partial charge on any atom is -0.457 e. The van der Waals surface area contributed by atoms with E-state index in [0.717, 1.165) is 17.0 Å². The van der Waals surface area contributed by atoms with Gasteiger partial charge in [-0.2, -0.15) is 0 Å². The van der Waals surface area contributed by atoms with Crippen LogP contribution in [0, 0.1) is 0 Å². The maximum atomic E-state index is 5.81. The molecule has 3 N–H and O–H groups in total. The van der Waals surface area contributed by atoms with Crippen LogP contribution in [0.2, 0.25) is 0 Å². The van der Waals surface area contributed by atoms with Gasteiger partial charge in [-0.1, -0.05) is 0 Å². The Balaban J connectivity index is 1.92. The van der Waals surface area contributed by atoms with E-state index in [1.807, 2.05) is 29.8 Å². The molecule has 2 heterocycles. The first-order valence-electron chi connectivity index (χ1n) is 7.15. The van der Waals surface area contributed by atoms with Gasteiger partial charge in [-0.05, 0) is 32.0 Å². The smallest absolute Gasteiger partial charge is 0.203 e. The normalized spacial score (nSPS) is 11.1. The van der Waals surface area contributed by atoms with E-state index >= 15 is 0 Å². The molecule has 0 aliphatic carbocycles. The van der Waals surface area contributed by atoms with Gasteiger partial charge in [0.25, 0.3) is 0 Å². The number of anilines is 2. The largest absolute Gasteiger partial charge is 0.457 e. The molecule has 1 aromatic carbocycles. The number of aryl methyl sites for hydroxylation is 1. The highest BCUT2D eigenvalue weighted by Gasteiger charge is 2.10. The van der Waals surface area contributed by atoms with Gasteiger partial charge in [0.15, 0.2) is 0 Å². The summed E-state index contributed by atoms with van der Waals surface area (Å²) in [6, 6.07) is 9.61. The van der Waals surface area contributed by atoms with Gasteiger partial charge < -0.3 is 20.4 Å². The molecule has 0 amide bonds. The second kappa shape index (κ2) is 5.55. The number of benzene rings is 1. The molecule has 3 aromatic rings. The summed E-state index contributed by atoms with van der Waals surface area (Å²) in [5, 5.41) is 3.33. The van der Waals surface area contributed by atoms with Gasteiger partial charge in [0.1, 0.15) is 17.3 Å². The lowest BCUT2D eigenvalue weighted by Gasteiger charge is -2.08. The lowest BCUT2D eigenvalue weighted by molar-refractivity contribution is 0.483. The van der Waals surface area contributed by atoms with Crippen LogP contribution in [-0.2, 0) is 7.05 Å². The Morgan fingerprint density at radius 1 is 1.18 bits per heavy atom. The number of nitrogens with zero attached hydrogens (tertiary/aromatic N) is 3. The second-order valence-corrected chi connectivity index (χ2v) is 5.46. The van der Waals surface area contributed by atoms with Gasteiger partial charge in [0, 0.05) is 31.4 Å². The van der Waals surface area contributed by atoms with E-state index in [1.165, 1.54) is 0 Å². The molecule has 22 heavy (non-hydrogen) atoms. The molecule has 0 atom stereocenters. The van der Waals surface area contributed by atoms with Crippen molar-refractivity contribution in [2.75, 3.05) is 11.1 Å². The minimum absolute atomic E-state index is 0.325. The second-order valence-electron chi connectivity index (χ2n) is 5.46. The van der Waals surface area contributed by atoms with Crippen LogP contribution in [0.5, 0.6) is 11.5 Å². The molecule has 3 rings (SSSR count). The van der Waals surface area contributed by atoms with Crippen LogP contribution in [0.4, 0.5) is 11.8 Å². The monoisotopic (exact) mass is 297 g/mol. The van der Waals surface area contributed by atoms with Gasteiger partial charge in [-0.15, -0.1) is 0 Å². The average molecular weight is 297 g/mol. The number of hydrogen-bond acceptors (Lipinski definition) is 5. The van der Waals surface area contributed by atoms with Crippen molar-refractivity contribution >= 4 is 22.8 Å². The Morgan fingerprint density at radius 3 is 2.68 bits per heavy atom. The van der Waals surface area contributed by atoms with Gasteiger partial charge in [0.05, 0.1) is 11.0 Å². The molecule has 2 aromatic heterocycles. The predicted octanol–water partition coefficient (Wildman–Crippen LogP) is 3.16. The third-order valence-corrected chi connectivity index (χ3v) is 3.26. The Hall–Kier alpha value is -2.76. The fourth-order valence-electron chi connectivity index (χ4n) is 2.26. The van der Waals surface area contributed by atoms with Crippen molar-refractivity contribution in [3.05, 3.63) is 36.5 Å². The van der Waals surface area contributed by atoms with Crippen molar-refractivity contribution in [2.24, 2.45) is 7.05 Å². The van der Waals surface area contributed by atoms with E-state index in [4.69, 9.17) is 10.5 Å². The van der Waals surface area contributed by atoms with E-state index in [9.17, 15) is 0 Å². The minimum atomic E-state index is 0.325. The zero-order chi connectivity index (χ0) is 15.7. The molecule has 0 fully saturated rings. The molecule has 0 radical (unpaired) electrons. The maximum Gasteiger partial charge on any atom is 0.203 e. The summed E-state index contributed by atoms with van der Waals surface area (Å²) in [7, 11) is 1.99. The highest BCUT2D eigenvalue weighted by atomic mass is 16.5. The highest BCUT2D eigenvalue weighted by Crippen LogP contribution is 2.27. The Labute approximate surface area is 128 Å². The number of nitrogen functional groups attached to an aromatic ring is 1. The van der Waals surface area contributed by atoms with Crippen LogP contribution in [-0.4, -0.2) is 20.6 Å². The van der Waals surface area contributed by atoms with E-state index < -0.39 is 0 Å². The molecular formula is C16H19N5O. The zero-order valence-corrected chi connectivity index (χ0v) is 12.9. The molecule has 0 bridgehead atoms. The topological polar surface area (TPSA) is 78.0 Å². The summed E-state index contributed by atoms with van der Waals surface area (Å²) in [5.74, 6) is 2.64.